The van der Waals surface area contributed by atoms with Crippen LogP contribution in [0, 0.1) is 0 Å². The number of benzene rings is 1. The lowest BCUT2D eigenvalue weighted by Crippen LogP contribution is -2.31. The van der Waals surface area contributed by atoms with Gasteiger partial charge in [0, 0.05) is 38.7 Å². The van der Waals surface area contributed by atoms with Gasteiger partial charge in [0.05, 0.1) is 36.4 Å². The monoisotopic (exact) mass is 446 g/mol. The predicted molar refractivity (Wildman–Crippen MR) is 114 cm³/mol. The molecule has 0 radical (unpaired) electrons. The van der Waals surface area contributed by atoms with Crippen molar-refractivity contribution in [2.45, 2.75) is 12.5 Å². The first kappa shape index (κ1) is 22.6. The maximum atomic E-state index is 13.0. The van der Waals surface area contributed by atoms with E-state index >= 15 is 0 Å². The lowest BCUT2D eigenvalue weighted by atomic mass is 9.95. The van der Waals surface area contributed by atoms with Crippen LogP contribution in [-0.4, -0.2) is 61.2 Å². The van der Waals surface area contributed by atoms with Crippen LogP contribution in [0.1, 0.15) is 23.6 Å². The van der Waals surface area contributed by atoms with Crippen LogP contribution >= 0.6 is 11.6 Å². The second kappa shape index (κ2) is 9.80. The average Bonchev–Trinajstić information content (AvgIpc) is 3.04. The van der Waals surface area contributed by atoms with Gasteiger partial charge in [-0.25, -0.2) is 0 Å². The summed E-state index contributed by atoms with van der Waals surface area (Å²) in [6.07, 6.45) is 3.66. The molecule has 1 aliphatic heterocycles. The van der Waals surface area contributed by atoms with Crippen molar-refractivity contribution >= 4 is 29.1 Å². The van der Waals surface area contributed by atoms with E-state index in [0.717, 1.165) is 0 Å². The number of nitrogens with zero attached hydrogens (tertiary/aromatic N) is 2. The summed E-state index contributed by atoms with van der Waals surface area (Å²) in [6.45, 7) is 0.705. The zero-order valence-electron chi connectivity index (χ0n) is 17.4. The van der Waals surface area contributed by atoms with E-state index in [1.165, 1.54) is 31.3 Å². The molecular weight excluding hydrogens is 424 g/mol. The number of methoxy groups -OCH3 is 3. The smallest absolute Gasteiger partial charge is 0.295 e. The van der Waals surface area contributed by atoms with E-state index in [2.05, 4.69) is 4.98 Å². The third-order valence-electron chi connectivity index (χ3n) is 5.04. The summed E-state index contributed by atoms with van der Waals surface area (Å²) < 4.78 is 15.6. The number of carbonyl (C=O) groups excluding carboxylic acids is 2. The summed E-state index contributed by atoms with van der Waals surface area (Å²) in [4.78, 5) is 31.3. The third kappa shape index (κ3) is 4.35. The van der Waals surface area contributed by atoms with Gasteiger partial charge in [0.2, 0.25) is 0 Å². The Morgan fingerprint density at radius 3 is 2.42 bits per heavy atom. The highest BCUT2D eigenvalue weighted by molar-refractivity contribution is 6.46. The van der Waals surface area contributed by atoms with Crippen molar-refractivity contribution in [3.8, 4) is 11.5 Å². The Kier molecular flexibility index (Phi) is 7.14. The summed E-state index contributed by atoms with van der Waals surface area (Å²) in [7, 11) is 4.44. The normalized spacial score (nSPS) is 17.8. The summed E-state index contributed by atoms with van der Waals surface area (Å²) in [6, 6.07) is 5.56. The number of Topliss-reactive ketones (excluding diaryl/α,β-unsaturated/α-hetero) is 1. The molecule has 0 spiro atoms. The van der Waals surface area contributed by atoms with Crippen LogP contribution in [0.5, 0.6) is 11.5 Å². The highest BCUT2D eigenvalue weighted by atomic mass is 35.5. The second-order valence-corrected chi connectivity index (χ2v) is 7.21. The lowest BCUT2D eigenvalue weighted by Gasteiger charge is -2.25. The number of carbonyl (C=O) groups is 2. The van der Waals surface area contributed by atoms with Crippen LogP contribution in [0.3, 0.4) is 0 Å². The van der Waals surface area contributed by atoms with Crippen molar-refractivity contribution in [2.75, 3.05) is 34.5 Å². The first-order valence-electron chi connectivity index (χ1n) is 9.53. The molecule has 1 amide bonds. The van der Waals surface area contributed by atoms with Gasteiger partial charge in [0.1, 0.15) is 17.3 Å². The van der Waals surface area contributed by atoms with Crippen molar-refractivity contribution in [1.82, 2.24) is 9.88 Å². The second-order valence-electron chi connectivity index (χ2n) is 6.81. The van der Waals surface area contributed by atoms with Gasteiger partial charge in [-0.15, -0.1) is 0 Å². The SMILES string of the molecule is COCCCN1C(=O)C(=O)/C(=C(/O)c2cc(Cl)c(OC)cc2OC)C1c1ccncc1. The van der Waals surface area contributed by atoms with Crippen LogP contribution in [0.25, 0.3) is 5.76 Å². The summed E-state index contributed by atoms with van der Waals surface area (Å²) in [5, 5.41) is 11.4. The fraction of sp³-hybridized carbons (Fsp3) is 0.318. The Hall–Kier alpha value is -3.10. The van der Waals surface area contributed by atoms with Gasteiger partial charge in [0.15, 0.2) is 0 Å². The van der Waals surface area contributed by atoms with Crippen molar-refractivity contribution in [3.63, 3.8) is 0 Å². The minimum atomic E-state index is -0.787. The minimum absolute atomic E-state index is 0.0480. The molecule has 1 aromatic heterocycles. The molecule has 1 atom stereocenters. The van der Waals surface area contributed by atoms with Crippen molar-refractivity contribution in [1.29, 1.82) is 0 Å². The van der Waals surface area contributed by atoms with Gasteiger partial charge in [-0.3, -0.25) is 14.6 Å². The highest BCUT2D eigenvalue weighted by Crippen LogP contribution is 2.42. The maximum absolute atomic E-state index is 13.0. The summed E-state index contributed by atoms with van der Waals surface area (Å²) in [5.74, 6) is -1.27. The molecule has 2 aromatic rings. The number of halogens is 1. The summed E-state index contributed by atoms with van der Waals surface area (Å²) in [5.41, 5.74) is 0.780. The molecule has 1 fully saturated rings. The number of hydrogen-bond acceptors (Lipinski definition) is 7. The van der Waals surface area contributed by atoms with E-state index in [1.807, 2.05) is 0 Å². The maximum Gasteiger partial charge on any atom is 0.295 e. The van der Waals surface area contributed by atoms with E-state index in [-0.39, 0.29) is 34.2 Å². The van der Waals surface area contributed by atoms with Gasteiger partial charge in [-0.2, -0.15) is 0 Å². The molecule has 0 aliphatic carbocycles. The van der Waals surface area contributed by atoms with Gasteiger partial charge >= 0.3 is 0 Å². The van der Waals surface area contributed by atoms with Crippen LogP contribution in [0.4, 0.5) is 0 Å². The highest BCUT2D eigenvalue weighted by Gasteiger charge is 2.46. The fourth-order valence-corrected chi connectivity index (χ4v) is 3.81. The number of aliphatic hydroxyl groups is 1. The minimum Gasteiger partial charge on any atom is -0.507 e. The van der Waals surface area contributed by atoms with Crippen molar-refractivity contribution < 1.29 is 28.9 Å². The third-order valence-corrected chi connectivity index (χ3v) is 5.33. The molecule has 3 rings (SSSR count). The molecule has 0 saturated carbocycles. The molecule has 1 saturated heterocycles. The number of rotatable bonds is 8. The Bertz CT molecular complexity index is 1010. The Morgan fingerprint density at radius 2 is 1.81 bits per heavy atom. The van der Waals surface area contributed by atoms with E-state index in [9.17, 15) is 14.7 Å². The Balaban J connectivity index is 2.18. The molecule has 164 valence electrons. The number of ketones is 1. The predicted octanol–water partition coefficient (Wildman–Crippen LogP) is 3.21. The largest absolute Gasteiger partial charge is 0.507 e. The van der Waals surface area contributed by atoms with Crippen LogP contribution < -0.4 is 9.47 Å². The molecule has 8 nitrogen and oxygen atoms in total. The number of aromatic nitrogens is 1. The van der Waals surface area contributed by atoms with Crippen molar-refractivity contribution in [3.05, 3.63) is 58.4 Å². The molecular formula is C22H23ClN2O6. The number of aliphatic hydroxyl groups excluding tert-OH is 1. The lowest BCUT2D eigenvalue weighted by molar-refractivity contribution is -0.140. The average molecular weight is 447 g/mol. The number of amides is 1. The summed E-state index contributed by atoms with van der Waals surface area (Å²) >= 11 is 6.24. The van der Waals surface area contributed by atoms with Crippen LogP contribution in [-0.2, 0) is 14.3 Å². The first-order valence-corrected chi connectivity index (χ1v) is 9.91. The molecule has 1 unspecified atom stereocenters. The quantitative estimate of drug-likeness (QED) is 0.288. The number of hydrogen-bond donors (Lipinski definition) is 1. The fourth-order valence-electron chi connectivity index (χ4n) is 3.57. The molecule has 31 heavy (non-hydrogen) atoms. The number of pyridine rings is 1. The van der Waals surface area contributed by atoms with Gasteiger partial charge in [-0.05, 0) is 30.2 Å². The molecule has 0 bridgehead atoms. The Morgan fingerprint density at radius 1 is 1.13 bits per heavy atom. The number of ether oxygens (including phenoxy) is 3. The zero-order valence-corrected chi connectivity index (χ0v) is 18.2. The van der Waals surface area contributed by atoms with E-state index < -0.39 is 17.7 Å². The molecule has 9 heteroatoms. The van der Waals surface area contributed by atoms with E-state index in [1.54, 1.807) is 31.6 Å². The standard InChI is InChI=1S/C22H23ClN2O6/c1-29-10-4-9-25-19(13-5-7-24-8-6-13)18(21(27)22(25)28)20(26)14-11-15(23)17(31-3)12-16(14)30-2/h5-8,11-12,19,26H,4,9-10H2,1-3H3/b20-18+. The van der Waals surface area contributed by atoms with Gasteiger partial charge in [0.25, 0.3) is 11.7 Å². The topological polar surface area (TPSA) is 98.2 Å². The first-order chi connectivity index (χ1) is 14.9. The van der Waals surface area contributed by atoms with Crippen LogP contribution in [0.15, 0.2) is 42.2 Å². The molecule has 1 N–H and O–H groups in total. The van der Waals surface area contributed by atoms with Gasteiger partial charge in [-0.1, -0.05) is 11.6 Å². The van der Waals surface area contributed by atoms with Crippen LogP contribution in [0.2, 0.25) is 5.02 Å². The number of likely N-dealkylation sites (tertiary alicyclic amines) is 1. The molecule has 1 aromatic carbocycles. The van der Waals surface area contributed by atoms with Crippen molar-refractivity contribution in [2.24, 2.45) is 0 Å². The van der Waals surface area contributed by atoms with E-state index in [4.69, 9.17) is 25.8 Å². The van der Waals surface area contributed by atoms with Gasteiger partial charge < -0.3 is 24.2 Å². The van der Waals surface area contributed by atoms with E-state index in [0.29, 0.717) is 24.3 Å². The molecule has 2 heterocycles. The molecule has 1 aliphatic rings. The Labute approximate surface area is 185 Å². The zero-order chi connectivity index (χ0) is 22.5.